The van der Waals surface area contributed by atoms with Gasteiger partial charge in [-0.2, -0.15) is 0 Å². The fraction of sp³-hybridized carbons (Fsp3) is 0.500. The number of para-hydroxylation sites is 2. The second kappa shape index (κ2) is 7.47. The zero-order valence-electron chi connectivity index (χ0n) is 14.0. The highest BCUT2D eigenvalue weighted by molar-refractivity contribution is 5.82. The van der Waals surface area contributed by atoms with Crippen molar-refractivity contribution in [3.8, 4) is 0 Å². The standard InChI is InChI=1S/C18H23N3O3/c1-2-14-7-5-6-10-21(14)17(22)12-24-18(23)11-20-13-19-15-8-3-4-9-16(15)20/h3-4,8-9,13-14H,2,5-7,10-12H2,1H3/t14-/m0/s1. The van der Waals surface area contributed by atoms with E-state index in [1.165, 1.54) is 0 Å². The summed E-state index contributed by atoms with van der Waals surface area (Å²) in [6, 6.07) is 7.88. The molecular formula is C18H23N3O3. The number of imidazole rings is 1. The molecule has 1 aliphatic rings. The van der Waals surface area contributed by atoms with E-state index < -0.39 is 5.97 Å². The molecule has 1 aliphatic heterocycles. The molecule has 1 saturated heterocycles. The van der Waals surface area contributed by atoms with Crippen molar-refractivity contribution in [2.24, 2.45) is 0 Å². The molecular weight excluding hydrogens is 306 g/mol. The molecule has 0 saturated carbocycles. The van der Waals surface area contributed by atoms with Crippen LogP contribution in [0.3, 0.4) is 0 Å². The van der Waals surface area contributed by atoms with Crippen molar-refractivity contribution in [2.75, 3.05) is 13.2 Å². The van der Waals surface area contributed by atoms with E-state index in [-0.39, 0.29) is 25.1 Å². The number of esters is 1. The van der Waals surface area contributed by atoms with Crippen LogP contribution in [0.1, 0.15) is 32.6 Å². The first-order valence-electron chi connectivity index (χ1n) is 8.54. The average Bonchev–Trinajstić information content (AvgIpc) is 3.02. The highest BCUT2D eigenvalue weighted by atomic mass is 16.5. The molecule has 128 valence electrons. The van der Waals surface area contributed by atoms with E-state index in [4.69, 9.17) is 4.74 Å². The molecule has 0 bridgehead atoms. The van der Waals surface area contributed by atoms with E-state index in [2.05, 4.69) is 11.9 Å². The summed E-state index contributed by atoms with van der Waals surface area (Å²) in [7, 11) is 0. The number of carbonyl (C=O) groups is 2. The van der Waals surface area contributed by atoms with Crippen LogP contribution in [-0.2, 0) is 20.9 Å². The van der Waals surface area contributed by atoms with Crippen LogP contribution < -0.4 is 0 Å². The Morgan fingerprint density at radius 3 is 2.96 bits per heavy atom. The summed E-state index contributed by atoms with van der Waals surface area (Å²) in [4.78, 5) is 30.5. The van der Waals surface area contributed by atoms with Crippen molar-refractivity contribution in [1.29, 1.82) is 0 Å². The molecule has 0 radical (unpaired) electrons. The molecule has 1 amide bonds. The number of hydrogen-bond donors (Lipinski definition) is 0. The highest BCUT2D eigenvalue weighted by Gasteiger charge is 2.25. The minimum atomic E-state index is -0.420. The van der Waals surface area contributed by atoms with Crippen LogP contribution in [0.4, 0.5) is 0 Å². The van der Waals surface area contributed by atoms with Crippen LogP contribution in [0.5, 0.6) is 0 Å². The third-order valence-corrected chi connectivity index (χ3v) is 4.60. The van der Waals surface area contributed by atoms with Crippen molar-refractivity contribution < 1.29 is 14.3 Å². The molecule has 3 rings (SSSR count). The Kier molecular flexibility index (Phi) is 5.13. The first-order chi connectivity index (χ1) is 11.7. The third-order valence-electron chi connectivity index (χ3n) is 4.60. The molecule has 1 aromatic heterocycles. The van der Waals surface area contributed by atoms with E-state index in [0.29, 0.717) is 0 Å². The molecule has 0 N–H and O–H groups in total. The number of amides is 1. The number of likely N-dealkylation sites (tertiary alicyclic amines) is 1. The minimum Gasteiger partial charge on any atom is -0.454 e. The third kappa shape index (κ3) is 3.58. The molecule has 0 unspecified atom stereocenters. The highest BCUT2D eigenvalue weighted by Crippen LogP contribution is 2.19. The Morgan fingerprint density at radius 1 is 1.29 bits per heavy atom. The van der Waals surface area contributed by atoms with Gasteiger partial charge in [-0.15, -0.1) is 0 Å². The first-order valence-corrected chi connectivity index (χ1v) is 8.54. The van der Waals surface area contributed by atoms with Crippen LogP contribution in [0.25, 0.3) is 11.0 Å². The SMILES string of the molecule is CC[C@H]1CCCCN1C(=O)COC(=O)Cn1cnc2ccccc21. The largest absolute Gasteiger partial charge is 0.454 e. The fourth-order valence-electron chi connectivity index (χ4n) is 3.30. The summed E-state index contributed by atoms with van der Waals surface area (Å²) in [6.07, 6.45) is 5.79. The van der Waals surface area contributed by atoms with Gasteiger partial charge < -0.3 is 14.2 Å². The smallest absolute Gasteiger partial charge is 0.326 e. The van der Waals surface area contributed by atoms with E-state index in [0.717, 1.165) is 43.3 Å². The summed E-state index contributed by atoms with van der Waals surface area (Å²) >= 11 is 0. The van der Waals surface area contributed by atoms with Crippen LogP contribution in [0.15, 0.2) is 30.6 Å². The van der Waals surface area contributed by atoms with Gasteiger partial charge in [-0.05, 0) is 37.8 Å². The number of nitrogens with zero attached hydrogens (tertiary/aromatic N) is 3. The van der Waals surface area contributed by atoms with Gasteiger partial charge in [0.15, 0.2) is 6.61 Å². The molecule has 1 fully saturated rings. The lowest BCUT2D eigenvalue weighted by molar-refractivity contribution is -0.154. The van der Waals surface area contributed by atoms with Gasteiger partial charge in [0.05, 0.1) is 17.4 Å². The minimum absolute atomic E-state index is 0.0605. The Morgan fingerprint density at radius 2 is 2.12 bits per heavy atom. The van der Waals surface area contributed by atoms with Gasteiger partial charge in [0.1, 0.15) is 6.54 Å². The van der Waals surface area contributed by atoms with Gasteiger partial charge in [0.25, 0.3) is 5.91 Å². The number of aromatic nitrogens is 2. The van der Waals surface area contributed by atoms with Crippen molar-refractivity contribution in [1.82, 2.24) is 14.5 Å². The van der Waals surface area contributed by atoms with E-state index in [9.17, 15) is 9.59 Å². The van der Waals surface area contributed by atoms with Crippen molar-refractivity contribution in [3.05, 3.63) is 30.6 Å². The van der Waals surface area contributed by atoms with Gasteiger partial charge in [-0.3, -0.25) is 9.59 Å². The molecule has 6 nitrogen and oxygen atoms in total. The summed E-state index contributed by atoms with van der Waals surface area (Å²) in [5.74, 6) is -0.512. The molecule has 6 heteroatoms. The Bertz CT molecular complexity index is 725. The maximum Gasteiger partial charge on any atom is 0.326 e. The van der Waals surface area contributed by atoms with Crippen LogP contribution in [-0.4, -0.2) is 45.5 Å². The number of benzene rings is 1. The number of hydrogen-bond acceptors (Lipinski definition) is 4. The van der Waals surface area contributed by atoms with Crippen LogP contribution in [0, 0.1) is 0 Å². The molecule has 24 heavy (non-hydrogen) atoms. The topological polar surface area (TPSA) is 64.4 Å². The van der Waals surface area contributed by atoms with Gasteiger partial charge in [0.2, 0.25) is 0 Å². The molecule has 1 aromatic carbocycles. The Balaban J connectivity index is 1.54. The van der Waals surface area contributed by atoms with Gasteiger partial charge in [-0.25, -0.2) is 4.98 Å². The van der Waals surface area contributed by atoms with Crippen molar-refractivity contribution in [3.63, 3.8) is 0 Å². The van der Waals surface area contributed by atoms with E-state index >= 15 is 0 Å². The van der Waals surface area contributed by atoms with Gasteiger partial charge >= 0.3 is 5.97 Å². The zero-order chi connectivity index (χ0) is 16.9. The van der Waals surface area contributed by atoms with Gasteiger partial charge in [-0.1, -0.05) is 19.1 Å². The normalized spacial score (nSPS) is 17.9. The lowest BCUT2D eigenvalue weighted by atomic mass is 10.00. The Labute approximate surface area is 141 Å². The van der Waals surface area contributed by atoms with Crippen LogP contribution in [0.2, 0.25) is 0 Å². The summed E-state index contributed by atoms with van der Waals surface area (Å²) < 4.78 is 6.93. The van der Waals surface area contributed by atoms with Crippen molar-refractivity contribution in [2.45, 2.75) is 45.2 Å². The summed E-state index contributed by atoms with van der Waals surface area (Å²) in [5.41, 5.74) is 1.71. The molecule has 2 heterocycles. The first kappa shape index (κ1) is 16.5. The monoisotopic (exact) mass is 329 g/mol. The molecule has 2 aromatic rings. The second-order valence-electron chi connectivity index (χ2n) is 6.17. The zero-order valence-corrected chi connectivity index (χ0v) is 14.0. The summed E-state index contributed by atoms with van der Waals surface area (Å²) in [5, 5.41) is 0. The number of carbonyl (C=O) groups excluding carboxylic acids is 2. The van der Waals surface area contributed by atoms with Gasteiger partial charge in [0, 0.05) is 12.6 Å². The number of rotatable bonds is 5. The lowest BCUT2D eigenvalue weighted by Gasteiger charge is -2.35. The fourth-order valence-corrected chi connectivity index (χ4v) is 3.30. The maximum absolute atomic E-state index is 12.3. The molecule has 0 aliphatic carbocycles. The quantitative estimate of drug-likeness (QED) is 0.790. The number of piperidine rings is 1. The average molecular weight is 329 g/mol. The molecule has 1 atom stereocenters. The predicted octanol–water partition coefficient (Wildman–Crippen LogP) is 2.37. The second-order valence-corrected chi connectivity index (χ2v) is 6.17. The predicted molar refractivity (Wildman–Crippen MR) is 90.3 cm³/mol. The van der Waals surface area contributed by atoms with E-state index in [1.807, 2.05) is 29.2 Å². The summed E-state index contributed by atoms with van der Waals surface area (Å²) in [6.45, 7) is 2.74. The Hall–Kier alpha value is -2.37. The van der Waals surface area contributed by atoms with Crippen molar-refractivity contribution >= 4 is 22.9 Å². The van der Waals surface area contributed by atoms with Crippen LogP contribution >= 0.6 is 0 Å². The number of ether oxygens (including phenoxy) is 1. The van der Waals surface area contributed by atoms with E-state index in [1.54, 1.807) is 10.9 Å². The lowest BCUT2D eigenvalue weighted by Crippen LogP contribution is -2.45. The number of fused-ring (bicyclic) bond motifs is 1. The molecule has 0 spiro atoms. The maximum atomic E-state index is 12.3.